The zero-order chi connectivity index (χ0) is 26.8. The van der Waals surface area contributed by atoms with Gasteiger partial charge in [-0.1, -0.05) is 6.07 Å². The molecule has 200 valence electrons. The minimum absolute atomic E-state index is 0.0314. The molecule has 0 saturated carbocycles. The number of benzene rings is 1. The summed E-state index contributed by atoms with van der Waals surface area (Å²) in [5.41, 5.74) is 7.44. The molecule has 0 spiro atoms. The van der Waals surface area contributed by atoms with E-state index in [1.165, 1.54) is 6.92 Å². The van der Waals surface area contributed by atoms with Crippen LogP contribution in [0.3, 0.4) is 0 Å². The fourth-order valence-corrected chi connectivity index (χ4v) is 3.51. The van der Waals surface area contributed by atoms with Gasteiger partial charge in [-0.05, 0) is 44.2 Å². The predicted molar refractivity (Wildman–Crippen MR) is 133 cm³/mol. The summed E-state index contributed by atoms with van der Waals surface area (Å²) in [6, 6.07) is 3.57. The van der Waals surface area contributed by atoms with Gasteiger partial charge in [0.1, 0.15) is 19.2 Å². The van der Waals surface area contributed by atoms with E-state index in [2.05, 4.69) is 10.6 Å². The number of hydrogen-bond acceptors (Lipinski definition) is 8. The van der Waals surface area contributed by atoms with Gasteiger partial charge in [0.05, 0.1) is 40.4 Å². The first-order valence-electron chi connectivity index (χ1n) is 11.3. The normalized spacial score (nSPS) is 15.4. The molecular formula is C22H41N5O7P+. The lowest BCUT2D eigenvalue weighted by Gasteiger charge is -2.24. The monoisotopic (exact) mass is 518 g/mol. The minimum atomic E-state index is -4.14. The summed E-state index contributed by atoms with van der Waals surface area (Å²) in [6.07, 6.45) is 0. The summed E-state index contributed by atoms with van der Waals surface area (Å²) in [7, 11) is 3.49. The highest BCUT2D eigenvalue weighted by atomic mass is 31.2. The average Bonchev–Trinajstić information content (AvgIpc) is 2.72. The molecule has 1 unspecified atom stereocenters. The van der Waals surface area contributed by atoms with Crippen molar-refractivity contribution in [2.75, 3.05) is 59.8 Å². The van der Waals surface area contributed by atoms with Crippen LogP contribution in [-0.4, -0.2) is 97.8 Å². The molecule has 13 heteroatoms. The Balaban J connectivity index is 2.65. The van der Waals surface area contributed by atoms with Crippen LogP contribution in [-0.2, 0) is 36.4 Å². The van der Waals surface area contributed by atoms with Gasteiger partial charge in [0.25, 0.3) is 0 Å². The second-order valence-electron chi connectivity index (χ2n) is 9.54. The van der Waals surface area contributed by atoms with Crippen molar-refractivity contribution in [3.05, 3.63) is 29.3 Å². The molecule has 0 aliphatic rings. The number of phosphoric ester groups is 1. The molecule has 1 rings (SSSR count). The van der Waals surface area contributed by atoms with E-state index in [0.717, 1.165) is 5.56 Å². The third-order valence-electron chi connectivity index (χ3n) is 4.99. The van der Waals surface area contributed by atoms with E-state index in [9.17, 15) is 24.2 Å². The van der Waals surface area contributed by atoms with E-state index in [4.69, 9.17) is 14.8 Å². The fourth-order valence-electron chi connectivity index (χ4n) is 2.82. The third-order valence-corrected chi connectivity index (χ3v) is 6.01. The number of amides is 2. The molecule has 0 heterocycles. The number of aliphatic hydroxyl groups excluding tert-OH is 1. The molecule has 2 amide bonds. The number of nitrogens with one attached hydrogen (secondary N) is 2. The Morgan fingerprint density at radius 1 is 1.14 bits per heavy atom. The smallest absolute Gasteiger partial charge is 0.392 e. The number of hydrogen-bond donors (Lipinski definition) is 5. The summed E-state index contributed by atoms with van der Waals surface area (Å²) in [5.74, 6) is -0.841. The number of carbonyl (C=O) groups is 2. The van der Waals surface area contributed by atoms with Crippen molar-refractivity contribution < 1.29 is 37.7 Å². The fraction of sp³-hybridized carbons (Fsp3) is 0.636. The number of quaternary nitrogens is 1. The number of nitrogens with zero attached hydrogens (tertiary/aromatic N) is 2. The lowest BCUT2D eigenvalue weighted by molar-refractivity contribution is -0.870. The zero-order valence-electron chi connectivity index (χ0n) is 21.5. The van der Waals surface area contributed by atoms with Crippen LogP contribution in [0.1, 0.15) is 25.0 Å². The van der Waals surface area contributed by atoms with Gasteiger partial charge in [-0.15, -0.1) is 0 Å². The van der Waals surface area contributed by atoms with Crippen LogP contribution in [0.15, 0.2) is 18.2 Å². The van der Waals surface area contributed by atoms with Gasteiger partial charge in [0, 0.05) is 18.8 Å². The zero-order valence-corrected chi connectivity index (χ0v) is 22.4. The highest BCUT2D eigenvalue weighted by Crippen LogP contribution is 2.42. The number of rotatable bonds is 15. The maximum Gasteiger partial charge on any atom is 0.472 e. The number of anilines is 1. The van der Waals surface area contributed by atoms with E-state index in [0.29, 0.717) is 35.4 Å². The maximum atomic E-state index is 12.4. The van der Waals surface area contributed by atoms with Crippen LogP contribution in [0.25, 0.3) is 0 Å². The Labute approximate surface area is 207 Å². The molecule has 35 heavy (non-hydrogen) atoms. The number of likely N-dealkylation sites (N-methyl/N-ethyl adjacent to an activating group) is 2. The molecule has 12 nitrogen and oxygen atoms in total. The first kappa shape index (κ1) is 31.1. The topological polar surface area (TPSA) is 163 Å². The quantitative estimate of drug-likeness (QED) is 0.162. The second-order valence-corrected chi connectivity index (χ2v) is 11.0. The average molecular weight is 519 g/mol. The van der Waals surface area contributed by atoms with E-state index >= 15 is 0 Å². The van der Waals surface area contributed by atoms with E-state index in [1.54, 1.807) is 32.2 Å². The van der Waals surface area contributed by atoms with Gasteiger partial charge in [0.2, 0.25) is 11.8 Å². The SMILES string of the molecule is C[C@H](N)C(=O)N[C@@H](C)C(=O)Nc1ccc(CO)c(CN(C)CCOP(=O)(O)OCC[N+](C)(C)C)c1. The van der Waals surface area contributed by atoms with Crippen molar-refractivity contribution in [2.45, 2.75) is 39.1 Å². The lowest BCUT2D eigenvalue weighted by Crippen LogP contribution is -2.47. The summed E-state index contributed by atoms with van der Waals surface area (Å²) in [5, 5.41) is 15.0. The molecule has 1 aromatic rings. The van der Waals surface area contributed by atoms with Gasteiger partial charge in [-0.3, -0.25) is 23.5 Å². The molecule has 0 aromatic heterocycles. The van der Waals surface area contributed by atoms with E-state index in [1.807, 2.05) is 26.0 Å². The van der Waals surface area contributed by atoms with Crippen molar-refractivity contribution in [3.8, 4) is 0 Å². The standard InChI is InChI=1S/C22H40N5O7P/c1-16(23)21(29)24-17(2)22(30)25-20-8-7-18(15-28)19(13-20)14-26(3)9-11-33-35(31,32)34-12-10-27(4,5)6/h7-8,13,16-17,28H,9-12,14-15,23H2,1-6H3,(H2-,24,25,29,30,31,32)/p+1/t16-,17-/m0/s1. The van der Waals surface area contributed by atoms with Crippen molar-refractivity contribution in [1.82, 2.24) is 10.2 Å². The molecular weight excluding hydrogens is 477 g/mol. The molecule has 0 fully saturated rings. The molecule has 0 radical (unpaired) electrons. The van der Waals surface area contributed by atoms with Crippen molar-refractivity contribution >= 4 is 25.3 Å². The molecule has 3 atom stereocenters. The lowest BCUT2D eigenvalue weighted by atomic mass is 10.1. The number of carbonyl (C=O) groups excluding carboxylic acids is 2. The van der Waals surface area contributed by atoms with Gasteiger partial charge in [-0.2, -0.15) is 0 Å². The molecule has 0 bridgehead atoms. The Morgan fingerprint density at radius 2 is 1.77 bits per heavy atom. The summed E-state index contributed by atoms with van der Waals surface area (Å²) in [6.45, 7) is 4.22. The number of nitrogens with two attached hydrogens (primary N) is 1. The second kappa shape index (κ2) is 14.0. The Kier molecular flexibility index (Phi) is 12.5. The third kappa shape index (κ3) is 12.6. The highest BCUT2D eigenvalue weighted by molar-refractivity contribution is 7.47. The van der Waals surface area contributed by atoms with Crippen LogP contribution < -0.4 is 16.4 Å². The van der Waals surface area contributed by atoms with Crippen molar-refractivity contribution in [2.24, 2.45) is 5.73 Å². The van der Waals surface area contributed by atoms with Crippen LogP contribution in [0.2, 0.25) is 0 Å². The van der Waals surface area contributed by atoms with Gasteiger partial charge in [0.15, 0.2) is 0 Å². The van der Waals surface area contributed by atoms with Gasteiger partial charge in [-0.25, -0.2) is 4.57 Å². The van der Waals surface area contributed by atoms with Gasteiger partial charge < -0.3 is 30.9 Å². The van der Waals surface area contributed by atoms with Gasteiger partial charge >= 0.3 is 7.82 Å². The van der Waals surface area contributed by atoms with Crippen LogP contribution in [0, 0.1) is 0 Å². The molecule has 0 saturated heterocycles. The number of aliphatic hydroxyl groups is 1. The minimum Gasteiger partial charge on any atom is -0.392 e. The Morgan fingerprint density at radius 3 is 2.34 bits per heavy atom. The van der Waals surface area contributed by atoms with Crippen molar-refractivity contribution in [1.29, 1.82) is 0 Å². The first-order valence-corrected chi connectivity index (χ1v) is 12.8. The van der Waals surface area contributed by atoms with Crippen LogP contribution in [0.5, 0.6) is 0 Å². The predicted octanol–water partition coefficient (Wildman–Crippen LogP) is 0.241. The van der Waals surface area contributed by atoms with E-state index < -0.39 is 31.7 Å². The summed E-state index contributed by atoms with van der Waals surface area (Å²) >= 11 is 0. The maximum absolute atomic E-state index is 12.4. The molecule has 6 N–H and O–H groups in total. The summed E-state index contributed by atoms with van der Waals surface area (Å²) in [4.78, 5) is 35.8. The van der Waals surface area contributed by atoms with Crippen LogP contribution >= 0.6 is 7.82 Å². The Bertz CT molecular complexity index is 891. The Hall–Kier alpha value is -1.89. The van der Waals surface area contributed by atoms with Crippen LogP contribution in [0.4, 0.5) is 5.69 Å². The largest absolute Gasteiger partial charge is 0.472 e. The molecule has 0 aliphatic carbocycles. The summed E-state index contributed by atoms with van der Waals surface area (Å²) < 4.78 is 22.7. The van der Waals surface area contributed by atoms with E-state index in [-0.39, 0.29) is 19.8 Å². The molecule has 1 aromatic carbocycles. The number of phosphoric acid groups is 1. The first-order chi connectivity index (χ1) is 16.1. The highest BCUT2D eigenvalue weighted by Gasteiger charge is 2.23. The van der Waals surface area contributed by atoms with Crippen molar-refractivity contribution in [3.63, 3.8) is 0 Å². The molecule has 0 aliphatic heterocycles.